The number of hydrogen-bond donors (Lipinski definition) is 0. The first kappa shape index (κ1) is 31.9. The molecule has 0 unspecified atom stereocenters. The maximum Gasteiger partial charge on any atom is 0.514 e. The number of thiophene rings is 1. The monoisotopic (exact) mass is 642 g/mol. The van der Waals surface area contributed by atoms with Crippen molar-refractivity contribution in [1.29, 1.82) is 0 Å². The van der Waals surface area contributed by atoms with Crippen LogP contribution in [-0.4, -0.2) is 48.9 Å². The number of pyridine rings is 1. The normalized spacial score (nSPS) is 11.0. The fourth-order valence-electron chi connectivity index (χ4n) is 5.25. The molecule has 0 atom stereocenters. The van der Waals surface area contributed by atoms with Gasteiger partial charge in [0.2, 0.25) is 5.43 Å². The van der Waals surface area contributed by atoms with E-state index in [4.69, 9.17) is 31.2 Å². The third-order valence-electron chi connectivity index (χ3n) is 7.36. The van der Waals surface area contributed by atoms with Gasteiger partial charge >= 0.3 is 6.16 Å². The number of methoxy groups -OCH3 is 2. The Balaban J connectivity index is 1.71. The van der Waals surface area contributed by atoms with Crippen LogP contribution in [0.1, 0.15) is 29.2 Å². The Hall–Kier alpha value is -4.51. The molecule has 2 aromatic heterocycles. The SMILES string of the molecule is CCOC(=O)Oc1cn(Cc2ccccc2OC)c2sc(-c3ccc(OC)cc3)c(CN(C)Cc3ccccc3C=S)c2c1=O. The molecule has 8 nitrogen and oxygen atoms in total. The molecule has 0 saturated heterocycles. The molecule has 10 heteroatoms. The van der Waals surface area contributed by atoms with Crippen LogP contribution in [0.15, 0.2) is 83.8 Å². The molecule has 0 amide bonds. The molecule has 0 aliphatic carbocycles. The van der Waals surface area contributed by atoms with Crippen molar-refractivity contribution in [3.63, 3.8) is 0 Å². The minimum Gasteiger partial charge on any atom is -0.497 e. The molecule has 0 radical (unpaired) electrons. The number of ether oxygens (including phenoxy) is 4. The molecule has 0 aliphatic heterocycles. The molecule has 232 valence electrons. The zero-order chi connectivity index (χ0) is 31.9. The van der Waals surface area contributed by atoms with Crippen molar-refractivity contribution >= 4 is 45.3 Å². The molecule has 3 aromatic carbocycles. The minimum atomic E-state index is -0.932. The smallest absolute Gasteiger partial charge is 0.497 e. The van der Waals surface area contributed by atoms with Gasteiger partial charge in [0, 0.05) is 28.9 Å². The van der Waals surface area contributed by atoms with Crippen molar-refractivity contribution in [3.05, 3.63) is 111 Å². The van der Waals surface area contributed by atoms with E-state index in [2.05, 4.69) is 11.0 Å². The summed E-state index contributed by atoms with van der Waals surface area (Å²) in [6.07, 6.45) is 0.643. The average molecular weight is 643 g/mol. The summed E-state index contributed by atoms with van der Waals surface area (Å²) < 4.78 is 23.5. The van der Waals surface area contributed by atoms with E-state index in [0.29, 0.717) is 30.8 Å². The third-order valence-corrected chi connectivity index (χ3v) is 8.94. The van der Waals surface area contributed by atoms with Crippen molar-refractivity contribution < 1.29 is 23.7 Å². The molecular formula is C35H34N2O6S2. The van der Waals surface area contributed by atoms with Crippen LogP contribution >= 0.6 is 23.6 Å². The van der Waals surface area contributed by atoms with Gasteiger partial charge in [-0.2, -0.15) is 0 Å². The van der Waals surface area contributed by atoms with Crippen LogP contribution in [0.4, 0.5) is 4.79 Å². The van der Waals surface area contributed by atoms with E-state index in [0.717, 1.165) is 43.3 Å². The molecule has 2 heterocycles. The van der Waals surface area contributed by atoms with E-state index in [9.17, 15) is 9.59 Å². The second kappa shape index (κ2) is 14.5. The maximum absolute atomic E-state index is 14.2. The van der Waals surface area contributed by atoms with Gasteiger partial charge in [-0.1, -0.05) is 54.7 Å². The molecule has 5 rings (SSSR count). The highest BCUT2D eigenvalue weighted by molar-refractivity contribution is 7.79. The lowest BCUT2D eigenvalue weighted by Gasteiger charge is -2.19. The Bertz CT molecular complexity index is 1880. The van der Waals surface area contributed by atoms with Gasteiger partial charge in [0.1, 0.15) is 16.3 Å². The number of fused-ring (bicyclic) bond motifs is 1. The summed E-state index contributed by atoms with van der Waals surface area (Å²) in [7, 11) is 5.26. The molecule has 45 heavy (non-hydrogen) atoms. The standard InChI is InChI=1S/C35H34N2O6S2/c1-5-42-35(39)43-30-21-37(19-25-11-8-9-13-29(25)41-4)34-31(32(30)38)28(33(45-34)23-14-16-27(40-3)17-15-23)20-36(2)18-24-10-6-7-12-26(24)22-44/h6-17,21-22H,5,18-20H2,1-4H3. The topological polar surface area (TPSA) is 79.2 Å². The number of nitrogens with zero attached hydrogens (tertiary/aromatic N) is 2. The summed E-state index contributed by atoms with van der Waals surface area (Å²) >= 11 is 6.77. The van der Waals surface area contributed by atoms with Gasteiger partial charge in [-0.05, 0) is 66.6 Å². The van der Waals surface area contributed by atoms with E-state index in [1.54, 1.807) is 32.7 Å². The Kier molecular flexibility index (Phi) is 10.3. The maximum atomic E-state index is 14.2. The highest BCUT2D eigenvalue weighted by Gasteiger charge is 2.24. The van der Waals surface area contributed by atoms with Gasteiger partial charge in [-0.25, -0.2) is 4.79 Å². The van der Waals surface area contributed by atoms with Crippen LogP contribution < -0.4 is 19.6 Å². The van der Waals surface area contributed by atoms with Crippen molar-refractivity contribution in [3.8, 4) is 27.7 Å². The first-order chi connectivity index (χ1) is 21.9. The number of rotatable bonds is 12. The van der Waals surface area contributed by atoms with Crippen LogP contribution in [-0.2, 0) is 24.4 Å². The first-order valence-electron chi connectivity index (χ1n) is 14.4. The second-order valence-corrected chi connectivity index (χ2v) is 11.6. The van der Waals surface area contributed by atoms with Crippen molar-refractivity contribution in [2.75, 3.05) is 27.9 Å². The van der Waals surface area contributed by atoms with Crippen LogP contribution in [0, 0.1) is 0 Å². The van der Waals surface area contributed by atoms with E-state index in [-0.39, 0.29) is 17.8 Å². The summed E-state index contributed by atoms with van der Waals surface area (Å²) in [5.74, 6) is 1.34. The van der Waals surface area contributed by atoms with Crippen molar-refractivity contribution in [2.24, 2.45) is 0 Å². The van der Waals surface area contributed by atoms with Crippen molar-refractivity contribution in [1.82, 2.24) is 9.47 Å². The van der Waals surface area contributed by atoms with E-state index in [1.807, 2.05) is 78.3 Å². The Labute approximate surface area is 271 Å². The highest BCUT2D eigenvalue weighted by Crippen LogP contribution is 2.40. The summed E-state index contributed by atoms with van der Waals surface area (Å²) in [5, 5.41) is 2.17. The van der Waals surface area contributed by atoms with Gasteiger partial charge in [0.05, 0.1) is 39.0 Å². The predicted octanol–water partition coefficient (Wildman–Crippen LogP) is 7.31. The Morgan fingerprint density at radius 2 is 1.64 bits per heavy atom. The lowest BCUT2D eigenvalue weighted by molar-refractivity contribution is 0.104. The number of hydrogen-bond acceptors (Lipinski definition) is 9. The summed E-state index contributed by atoms with van der Waals surface area (Å²) in [6, 6.07) is 23.5. The van der Waals surface area contributed by atoms with Crippen molar-refractivity contribution in [2.45, 2.75) is 26.6 Å². The van der Waals surface area contributed by atoms with Crippen LogP contribution in [0.5, 0.6) is 17.2 Å². The molecule has 0 saturated carbocycles. The van der Waals surface area contributed by atoms with Gasteiger partial charge in [0.15, 0.2) is 5.75 Å². The molecule has 0 spiro atoms. The summed E-state index contributed by atoms with van der Waals surface area (Å²) in [4.78, 5) is 30.4. The Morgan fingerprint density at radius 1 is 0.933 bits per heavy atom. The number of carbonyl (C=O) groups is 1. The van der Waals surface area contributed by atoms with Crippen LogP contribution in [0.2, 0.25) is 0 Å². The van der Waals surface area contributed by atoms with Gasteiger partial charge in [-0.3, -0.25) is 9.69 Å². The minimum absolute atomic E-state index is 0.107. The first-order valence-corrected chi connectivity index (χ1v) is 15.7. The van der Waals surface area contributed by atoms with Gasteiger partial charge in [0.25, 0.3) is 0 Å². The fourth-order valence-corrected chi connectivity index (χ4v) is 6.77. The average Bonchev–Trinajstić information content (AvgIpc) is 3.43. The lowest BCUT2D eigenvalue weighted by atomic mass is 10.0. The quantitative estimate of drug-likeness (QED) is 0.104. The lowest BCUT2D eigenvalue weighted by Crippen LogP contribution is -2.21. The molecule has 0 aliphatic rings. The number of thiocarbonyl (C=S) groups is 1. The third kappa shape index (κ3) is 7.09. The highest BCUT2D eigenvalue weighted by atomic mass is 32.1. The predicted molar refractivity (Wildman–Crippen MR) is 182 cm³/mol. The zero-order valence-corrected chi connectivity index (χ0v) is 27.2. The van der Waals surface area contributed by atoms with Crippen LogP contribution in [0.25, 0.3) is 20.7 Å². The van der Waals surface area contributed by atoms with Crippen LogP contribution in [0.3, 0.4) is 0 Å². The summed E-state index contributed by atoms with van der Waals surface area (Å²) in [6.45, 7) is 3.23. The van der Waals surface area contributed by atoms with E-state index >= 15 is 0 Å². The van der Waals surface area contributed by atoms with Gasteiger partial charge < -0.3 is 23.5 Å². The molecule has 0 fully saturated rings. The van der Waals surface area contributed by atoms with Gasteiger partial charge in [-0.15, -0.1) is 11.3 Å². The number of para-hydroxylation sites is 1. The fraction of sp³-hybridized carbons (Fsp3) is 0.229. The molecule has 0 N–H and O–H groups in total. The number of benzene rings is 3. The molecule has 0 bridgehead atoms. The summed E-state index contributed by atoms with van der Waals surface area (Å²) in [5.41, 5.74) is 4.36. The molecule has 5 aromatic rings. The largest absolute Gasteiger partial charge is 0.514 e. The molecular weight excluding hydrogens is 609 g/mol. The van der Waals surface area contributed by atoms with E-state index in [1.165, 1.54) is 11.3 Å². The number of aromatic nitrogens is 1. The number of carbonyl (C=O) groups excluding carboxylic acids is 1. The Morgan fingerprint density at radius 3 is 2.33 bits per heavy atom. The second-order valence-electron chi connectivity index (χ2n) is 10.4. The van der Waals surface area contributed by atoms with E-state index < -0.39 is 6.16 Å². The zero-order valence-electron chi connectivity index (χ0n) is 25.6.